The summed E-state index contributed by atoms with van der Waals surface area (Å²) in [5, 5.41) is 10.8. The average molecular weight is 337 g/mol. The van der Waals surface area contributed by atoms with E-state index in [1.54, 1.807) is 50.8 Å². The maximum Gasteiger partial charge on any atom is 0.411 e. The Labute approximate surface area is 143 Å². The zero-order chi connectivity index (χ0) is 18.3. The Kier molecular flexibility index (Phi) is 4.96. The van der Waals surface area contributed by atoms with Gasteiger partial charge in [0.05, 0.1) is 6.04 Å². The monoisotopic (exact) mass is 337 g/mol. The highest BCUT2D eigenvalue weighted by molar-refractivity contribution is 5.70. The molecule has 1 aliphatic rings. The number of aliphatic hydroxyl groups is 1. The molecule has 0 radical (unpaired) electrons. The Morgan fingerprint density at radius 3 is 2.62 bits per heavy atom. The number of carbonyl (C=O) groups is 1. The number of ether oxygens (including phenoxy) is 1. The quantitative estimate of drug-likeness (QED) is 0.873. The van der Waals surface area contributed by atoms with E-state index in [0.717, 1.165) is 6.42 Å². The van der Waals surface area contributed by atoms with Crippen LogP contribution in [0.15, 0.2) is 18.2 Å². The Morgan fingerprint density at radius 1 is 1.42 bits per heavy atom. The number of aryl methyl sites for hydroxylation is 1. The second kappa shape index (κ2) is 6.36. The van der Waals surface area contributed by atoms with Gasteiger partial charge in [-0.25, -0.2) is 9.18 Å². The van der Waals surface area contributed by atoms with Gasteiger partial charge in [0.15, 0.2) is 0 Å². The van der Waals surface area contributed by atoms with Gasteiger partial charge in [-0.1, -0.05) is 18.2 Å². The normalized spacial score (nSPS) is 21.7. The van der Waals surface area contributed by atoms with E-state index in [2.05, 4.69) is 0 Å². The number of aliphatic hydroxyl groups excluding tert-OH is 1. The molecule has 1 heterocycles. The third-order valence-corrected chi connectivity index (χ3v) is 4.53. The van der Waals surface area contributed by atoms with Gasteiger partial charge >= 0.3 is 6.09 Å². The van der Waals surface area contributed by atoms with Gasteiger partial charge in [-0.2, -0.15) is 0 Å². The first-order chi connectivity index (χ1) is 10.9. The SMILES string of the molecule is Cc1cccc([C@@H](O)[C@H]2CCC(C)(C)N2C(=O)OC(C)(C)C)c1F. The number of nitrogens with zero attached hydrogens (tertiary/aromatic N) is 1. The number of hydrogen-bond donors (Lipinski definition) is 1. The lowest BCUT2D eigenvalue weighted by atomic mass is 9.98. The minimum absolute atomic E-state index is 0.228. The smallest absolute Gasteiger partial charge is 0.411 e. The van der Waals surface area contributed by atoms with Gasteiger partial charge in [0, 0.05) is 11.1 Å². The van der Waals surface area contributed by atoms with Crippen LogP contribution in [0.25, 0.3) is 0 Å². The Balaban J connectivity index is 2.33. The van der Waals surface area contributed by atoms with E-state index in [9.17, 15) is 14.3 Å². The topological polar surface area (TPSA) is 49.8 Å². The van der Waals surface area contributed by atoms with E-state index in [1.165, 1.54) is 0 Å². The maximum atomic E-state index is 14.4. The molecule has 1 saturated heterocycles. The predicted molar refractivity (Wildman–Crippen MR) is 91.3 cm³/mol. The molecule has 1 N–H and O–H groups in total. The van der Waals surface area contributed by atoms with Crippen molar-refractivity contribution >= 4 is 6.09 Å². The van der Waals surface area contributed by atoms with E-state index < -0.39 is 35.2 Å². The summed E-state index contributed by atoms with van der Waals surface area (Å²) in [4.78, 5) is 14.2. The van der Waals surface area contributed by atoms with Crippen LogP contribution in [0.1, 0.15) is 64.7 Å². The molecule has 5 heteroatoms. The van der Waals surface area contributed by atoms with Crippen LogP contribution in [0.5, 0.6) is 0 Å². The molecule has 1 amide bonds. The molecule has 134 valence electrons. The second-order valence-electron chi connectivity index (χ2n) is 8.19. The molecule has 1 aromatic carbocycles. The highest BCUT2D eigenvalue weighted by Crippen LogP contribution is 2.40. The summed E-state index contributed by atoms with van der Waals surface area (Å²) in [6.45, 7) is 11.0. The summed E-state index contributed by atoms with van der Waals surface area (Å²) in [5.74, 6) is -0.418. The molecular weight excluding hydrogens is 309 g/mol. The van der Waals surface area contributed by atoms with Crippen LogP contribution in [0.2, 0.25) is 0 Å². The molecule has 0 bridgehead atoms. The number of carbonyl (C=O) groups excluding carboxylic acids is 1. The molecule has 2 atom stereocenters. The van der Waals surface area contributed by atoms with Crippen LogP contribution in [-0.2, 0) is 4.74 Å². The molecule has 0 aromatic heterocycles. The van der Waals surface area contributed by atoms with Crippen molar-refractivity contribution in [3.05, 3.63) is 35.1 Å². The van der Waals surface area contributed by atoms with Crippen LogP contribution < -0.4 is 0 Å². The Bertz CT molecular complexity index is 622. The molecular formula is C19H28FNO3. The van der Waals surface area contributed by atoms with E-state index in [-0.39, 0.29) is 5.56 Å². The molecule has 0 spiro atoms. The molecule has 0 saturated carbocycles. The largest absolute Gasteiger partial charge is 0.444 e. The molecule has 4 nitrogen and oxygen atoms in total. The van der Waals surface area contributed by atoms with Crippen molar-refractivity contribution in [1.29, 1.82) is 0 Å². The predicted octanol–water partition coefficient (Wildman–Crippen LogP) is 4.35. The highest BCUT2D eigenvalue weighted by Gasteiger charge is 2.47. The molecule has 1 fully saturated rings. The summed E-state index contributed by atoms with van der Waals surface area (Å²) in [6, 6.07) is 4.45. The molecule has 24 heavy (non-hydrogen) atoms. The first-order valence-corrected chi connectivity index (χ1v) is 8.39. The van der Waals surface area contributed by atoms with E-state index in [0.29, 0.717) is 12.0 Å². The molecule has 0 aliphatic carbocycles. The number of halogens is 1. The van der Waals surface area contributed by atoms with Crippen molar-refractivity contribution < 1.29 is 19.0 Å². The summed E-state index contributed by atoms with van der Waals surface area (Å²) >= 11 is 0. The van der Waals surface area contributed by atoms with Crippen molar-refractivity contribution in [2.75, 3.05) is 0 Å². The van der Waals surface area contributed by atoms with Crippen LogP contribution in [-0.4, -0.2) is 33.3 Å². The minimum atomic E-state index is -1.08. The van der Waals surface area contributed by atoms with Crippen molar-refractivity contribution in [2.24, 2.45) is 0 Å². The van der Waals surface area contributed by atoms with Crippen molar-refractivity contribution in [3.8, 4) is 0 Å². The lowest BCUT2D eigenvalue weighted by molar-refractivity contribution is -0.0172. The Hall–Kier alpha value is -1.62. The fourth-order valence-electron chi connectivity index (χ4n) is 3.30. The minimum Gasteiger partial charge on any atom is -0.444 e. The molecule has 1 aromatic rings. The summed E-state index contributed by atoms with van der Waals surface area (Å²) in [6.07, 6.45) is -0.233. The van der Waals surface area contributed by atoms with Crippen molar-refractivity contribution in [3.63, 3.8) is 0 Å². The molecule has 1 aliphatic heterocycles. The third-order valence-electron chi connectivity index (χ3n) is 4.53. The lowest BCUT2D eigenvalue weighted by Gasteiger charge is -2.38. The number of amides is 1. The number of benzene rings is 1. The summed E-state index contributed by atoms with van der Waals surface area (Å²) < 4.78 is 19.9. The first-order valence-electron chi connectivity index (χ1n) is 8.39. The number of likely N-dealkylation sites (tertiary alicyclic amines) is 1. The third kappa shape index (κ3) is 3.72. The van der Waals surface area contributed by atoms with Gasteiger partial charge in [0.1, 0.15) is 17.5 Å². The van der Waals surface area contributed by atoms with Crippen LogP contribution >= 0.6 is 0 Å². The van der Waals surface area contributed by atoms with Crippen LogP contribution in [0.3, 0.4) is 0 Å². The van der Waals surface area contributed by atoms with Crippen molar-refractivity contribution in [1.82, 2.24) is 4.90 Å². The zero-order valence-corrected chi connectivity index (χ0v) is 15.4. The summed E-state index contributed by atoms with van der Waals surface area (Å²) in [5.41, 5.74) is -0.368. The van der Waals surface area contributed by atoms with Crippen LogP contribution in [0, 0.1) is 12.7 Å². The number of hydrogen-bond acceptors (Lipinski definition) is 3. The van der Waals surface area contributed by atoms with Gasteiger partial charge in [-0.05, 0) is 59.9 Å². The standard InChI is InChI=1S/C19H28FNO3/c1-12-8-7-9-13(15(12)20)16(22)14-10-11-19(5,6)21(14)17(23)24-18(2,3)4/h7-9,14,16,22H,10-11H2,1-6H3/t14-,16-/m1/s1. The van der Waals surface area contributed by atoms with E-state index in [1.807, 2.05) is 13.8 Å². The van der Waals surface area contributed by atoms with Gasteiger partial charge < -0.3 is 9.84 Å². The molecule has 0 unspecified atom stereocenters. The first kappa shape index (κ1) is 18.7. The fraction of sp³-hybridized carbons (Fsp3) is 0.632. The van der Waals surface area contributed by atoms with E-state index >= 15 is 0 Å². The van der Waals surface area contributed by atoms with Gasteiger partial charge in [-0.15, -0.1) is 0 Å². The summed E-state index contributed by atoms with van der Waals surface area (Å²) in [7, 11) is 0. The second-order valence-corrected chi connectivity index (χ2v) is 8.19. The number of rotatable bonds is 2. The fourth-order valence-corrected chi connectivity index (χ4v) is 3.30. The van der Waals surface area contributed by atoms with Gasteiger partial charge in [0.25, 0.3) is 0 Å². The van der Waals surface area contributed by atoms with Crippen LogP contribution in [0.4, 0.5) is 9.18 Å². The van der Waals surface area contributed by atoms with Gasteiger partial charge in [-0.3, -0.25) is 4.90 Å². The van der Waals surface area contributed by atoms with E-state index in [4.69, 9.17) is 4.74 Å². The van der Waals surface area contributed by atoms with Crippen molar-refractivity contribution in [2.45, 2.75) is 77.7 Å². The van der Waals surface area contributed by atoms with Gasteiger partial charge in [0.2, 0.25) is 0 Å². The average Bonchev–Trinajstić information content (AvgIpc) is 2.75. The lowest BCUT2D eigenvalue weighted by Crippen LogP contribution is -2.50. The highest BCUT2D eigenvalue weighted by atomic mass is 19.1. The Morgan fingerprint density at radius 2 is 2.04 bits per heavy atom. The maximum absolute atomic E-state index is 14.4. The molecule has 2 rings (SSSR count). The zero-order valence-electron chi connectivity index (χ0n) is 15.4.